The molecular weight excluding hydrogens is 264 g/mol. The molecule has 1 aliphatic rings. The number of para-hydroxylation sites is 1. The monoisotopic (exact) mass is 288 g/mol. The minimum absolute atomic E-state index is 0.0139. The zero-order valence-electron chi connectivity index (χ0n) is 13.1. The highest BCUT2D eigenvalue weighted by Crippen LogP contribution is 2.22. The van der Waals surface area contributed by atoms with Gasteiger partial charge in [0.2, 0.25) is 0 Å². The molecule has 0 bridgehead atoms. The molecule has 1 N–H and O–H groups in total. The first-order valence-electron chi connectivity index (χ1n) is 7.29. The van der Waals surface area contributed by atoms with Crippen molar-refractivity contribution in [3.05, 3.63) is 42.0 Å². The Morgan fingerprint density at radius 2 is 2.10 bits per heavy atom. The van der Waals surface area contributed by atoms with Crippen LogP contribution in [0.25, 0.3) is 0 Å². The molecule has 0 radical (unpaired) electrons. The molecule has 0 fully saturated rings. The Bertz CT molecular complexity index is 532. The third kappa shape index (κ3) is 4.33. The molecule has 1 heterocycles. The summed E-state index contributed by atoms with van der Waals surface area (Å²) in [6.07, 6.45) is 0. The van der Waals surface area contributed by atoms with Crippen LogP contribution in [0, 0.1) is 0 Å². The number of carbonyl (C=O) groups excluding carboxylic acids is 1. The molecule has 4 heteroatoms. The number of carbonyl (C=O) groups is 1. The van der Waals surface area contributed by atoms with Crippen LogP contribution in [0.4, 0.5) is 0 Å². The van der Waals surface area contributed by atoms with E-state index in [1.165, 1.54) is 0 Å². The van der Waals surface area contributed by atoms with E-state index in [4.69, 9.17) is 4.74 Å². The van der Waals surface area contributed by atoms with Crippen molar-refractivity contribution in [2.75, 3.05) is 26.2 Å². The van der Waals surface area contributed by atoms with Gasteiger partial charge >= 0.3 is 0 Å². The number of nitrogens with zero attached hydrogens (tertiary/aromatic N) is 1. The second-order valence-electron chi connectivity index (χ2n) is 6.42. The predicted molar refractivity (Wildman–Crippen MR) is 84.7 cm³/mol. The summed E-state index contributed by atoms with van der Waals surface area (Å²) in [5, 5.41) is 3.39. The lowest BCUT2D eigenvalue weighted by molar-refractivity contribution is 0.0770. The van der Waals surface area contributed by atoms with Crippen molar-refractivity contribution in [1.29, 1.82) is 0 Å². The maximum Gasteiger partial charge on any atom is 0.258 e. The normalized spacial score (nSPS) is 15.2. The van der Waals surface area contributed by atoms with E-state index in [-0.39, 0.29) is 11.4 Å². The highest BCUT2D eigenvalue weighted by Gasteiger charge is 2.23. The van der Waals surface area contributed by atoms with Crippen LogP contribution >= 0.6 is 0 Å². The Labute approximate surface area is 126 Å². The molecule has 0 spiro atoms. The fourth-order valence-electron chi connectivity index (χ4n) is 2.17. The van der Waals surface area contributed by atoms with Crippen LogP contribution in [0.2, 0.25) is 0 Å². The summed E-state index contributed by atoms with van der Waals surface area (Å²) < 4.78 is 5.64. The van der Waals surface area contributed by atoms with Crippen molar-refractivity contribution < 1.29 is 9.53 Å². The van der Waals surface area contributed by atoms with E-state index >= 15 is 0 Å². The van der Waals surface area contributed by atoms with Crippen LogP contribution in [0.1, 0.15) is 31.1 Å². The van der Waals surface area contributed by atoms with E-state index in [1.54, 1.807) is 4.90 Å². The van der Waals surface area contributed by atoms with Gasteiger partial charge in [0.25, 0.3) is 5.91 Å². The molecule has 114 valence electrons. The van der Waals surface area contributed by atoms with Crippen molar-refractivity contribution >= 4 is 5.91 Å². The number of hydrogen-bond donors (Lipinski definition) is 1. The van der Waals surface area contributed by atoms with Crippen LogP contribution < -0.4 is 10.1 Å². The van der Waals surface area contributed by atoms with Gasteiger partial charge in [0.15, 0.2) is 0 Å². The third-order valence-corrected chi connectivity index (χ3v) is 3.31. The summed E-state index contributed by atoms with van der Waals surface area (Å²) in [6, 6.07) is 7.40. The zero-order chi connectivity index (χ0) is 15.5. The average molecular weight is 288 g/mol. The van der Waals surface area contributed by atoms with Crippen molar-refractivity contribution in [3.63, 3.8) is 0 Å². The zero-order valence-corrected chi connectivity index (χ0v) is 13.1. The van der Waals surface area contributed by atoms with Crippen molar-refractivity contribution in [2.24, 2.45) is 0 Å². The summed E-state index contributed by atoms with van der Waals surface area (Å²) in [5.41, 5.74) is 1.67. The molecule has 0 saturated carbocycles. The molecule has 1 aromatic rings. The van der Waals surface area contributed by atoms with Gasteiger partial charge in [-0.3, -0.25) is 4.79 Å². The highest BCUT2D eigenvalue weighted by atomic mass is 16.5. The van der Waals surface area contributed by atoms with Gasteiger partial charge in [-0.1, -0.05) is 18.7 Å². The van der Waals surface area contributed by atoms with Gasteiger partial charge in [-0.25, -0.2) is 0 Å². The molecule has 4 nitrogen and oxygen atoms in total. The predicted octanol–water partition coefficient (Wildman–Crippen LogP) is 2.47. The third-order valence-electron chi connectivity index (χ3n) is 3.31. The number of nitrogens with one attached hydrogen (secondary N) is 1. The quantitative estimate of drug-likeness (QED) is 0.865. The molecule has 2 rings (SSSR count). The summed E-state index contributed by atoms with van der Waals surface area (Å²) in [4.78, 5) is 14.4. The van der Waals surface area contributed by atoms with E-state index in [0.29, 0.717) is 37.6 Å². The Kier molecular flexibility index (Phi) is 4.68. The van der Waals surface area contributed by atoms with Crippen LogP contribution in [0.3, 0.4) is 0 Å². The second-order valence-corrected chi connectivity index (χ2v) is 6.42. The van der Waals surface area contributed by atoms with Crippen molar-refractivity contribution in [2.45, 2.75) is 26.3 Å². The lowest BCUT2D eigenvalue weighted by Crippen LogP contribution is -2.40. The van der Waals surface area contributed by atoms with Gasteiger partial charge in [0.1, 0.15) is 12.4 Å². The largest absolute Gasteiger partial charge is 0.491 e. The van der Waals surface area contributed by atoms with Gasteiger partial charge in [0, 0.05) is 18.6 Å². The van der Waals surface area contributed by atoms with E-state index in [9.17, 15) is 4.79 Å². The number of benzene rings is 1. The summed E-state index contributed by atoms with van der Waals surface area (Å²) in [7, 11) is 0. The lowest BCUT2D eigenvalue weighted by atomic mass is 10.1. The van der Waals surface area contributed by atoms with Gasteiger partial charge < -0.3 is 15.0 Å². The minimum Gasteiger partial charge on any atom is -0.491 e. The van der Waals surface area contributed by atoms with E-state index in [0.717, 1.165) is 5.57 Å². The first kappa shape index (κ1) is 15.6. The fourth-order valence-corrected chi connectivity index (χ4v) is 2.17. The van der Waals surface area contributed by atoms with Gasteiger partial charge in [-0.05, 0) is 38.5 Å². The number of ether oxygens (including phenoxy) is 1. The van der Waals surface area contributed by atoms with Gasteiger partial charge in [0.05, 0.1) is 12.1 Å². The molecule has 0 unspecified atom stereocenters. The van der Waals surface area contributed by atoms with E-state index < -0.39 is 0 Å². The van der Waals surface area contributed by atoms with Crippen LogP contribution in [-0.4, -0.2) is 42.6 Å². The average Bonchev–Trinajstić information content (AvgIpc) is 2.57. The van der Waals surface area contributed by atoms with Gasteiger partial charge in [-0.2, -0.15) is 0 Å². The number of fused-ring (bicyclic) bond motifs is 1. The maximum atomic E-state index is 12.6. The van der Waals surface area contributed by atoms with E-state index in [1.807, 2.05) is 24.3 Å². The summed E-state index contributed by atoms with van der Waals surface area (Å²) in [5.74, 6) is 0.684. The van der Waals surface area contributed by atoms with Crippen molar-refractivity contribution in [3.8, 4) is 5.75 Å². The number of hydrogen-bond acceptors (Lipinski definition) is 3. The van der Waals surface area contributed by atoms with Gasteiger partial charge in [-0.15, -0.1) is 0 Å². The van der Waals surface area contributed by atoms with Crippen LogP contribution in [-0.2, 0) is 0 Å². The number of amides is 1. The summed E-state index contributed by atoms with van der Waals surface area (Å²) in [6.45, 7) is 12.8. The molecule has 0 saturated heterocycles. The Morgan fingerprint density at radius 3 is 2.81 bits per heavy atom. The number of rotatable bonds is 4. The molecule has 21 heavy (non-hydrogen) atoms. The Balaban J connectivity index is 2.01. The summed E-state index contributed by atoms with van der Waals surface area (Å²) >= 11 is 0. The fraction of sp³-hybridized carbons (Fsp3) is 0.471. The molecule has 1 aromatic carbocycles. The highest BCUT2D eigenvalue weighted by molar-refractivity contribution is 5.97. The first-order chi connectivity index (χ1) is 9.87. The standard InChI is InChI=1S/C17H24N2O2/c1-13(11-18-17(2,3)4)12-19-9-10-21-15-8-6-5-7-14(15)16(19)20/h5-8,18H,1,9-12H2,2-4H3. The molecule has 0 aromatic heterocycles. The lowest BCUT2D eigenvalue weighted by Gasteiger charge is -2.25. The maximum absolute atomic E-state index is 12.6. The van der Waals surface area contributed by atoms with Crippen LogP contribution in [0.15, 0.2) is 36.4 Å². The molecule has 0 aliphatic carbocycles. The van der Waals surface area contributed by atoms with Crippen molar-refractivity contribution in [1.82, 2.24) is 10.2 Å². The minimum atomic E-state index is 0.0139. The molecular formula is C17H24N2O2. The molecule has 0 atom stereocenters. The second kappa shape index (κ2) is 6.31. The smallest absolute Gasteiger partial charge is 0.258 e. The first-order valence-corrected chi connectivity index (χ1v) is 7.29. The SMILES string of the molecule is C=C(CNC(C)(C)C)CN1CCOc2ccccc2C1=O. The Morgan fingerprint density at radius 1 is 1.38 bits per heavy atom. The van der Waals surface area contributed by atoms with E-state index in [2.05, 4.69) is 32.7 Å². The van der Waals surface area contributed by atoms with Crippen LogP contribution in [0.5, 0.6) is 5.75 Å². The molecule has 1 amide bonds. The Hall–Kier alpha value is -1.81. The topological polar surface area (TPSA) is 41.6 Å². The molecule has 1 aliphatic heterocycles.